The van der Waals surface area contributed by atoms with Crippen molar-refractivity contribution in [1.29, 1.82) is 0 Å². The lowest BCUT2D eigenvalue weighted by molar-refractivity contribution is -0.138. The van der Waals surface area contributed by atoms with E-state index in [-0.39, 0.29) is 16.2 Å². The standard InChI is InChI=1S/C15H19ClN2OS/c1-9-7-17-13(20-9)18-12(19)14-3-10-2-11(4-14)6-15(16,5-10)8-14/h7,10-11H,2-6,8H2,1H3,(H,17,18,19)/t10-,11+,14?,15?. The molecule has 1 heterocycles. The molecule has 108 valence electrons. The first-order valence-corrected chi connectivity index (χ1v) is 8.59. The summed E-state index contributed by atoms with van der Waals surface area (Å²) in [5, 5.41) is 3.78. The van der Waals surface area contributed by atoms with E-state index >= 15 is 0 Å². The molecule has 4 aliphatic carbocycles. The first kappa shape index (κ1) is 13.1. The molecule has 5 heteroatoms. The van der Waals surface area contributed by atoms with Crippen LogP contribution in [0.1, 0.15) is 43.4 Å². The lowest BCUT2D eigenvalue weighted by Crippen LogP contribution is -2.57. The number of anilines is 1. The Morgan fingerprint density at radius 3 is 2.65 bits per heavy atom. The summed E-state index contributed by atoms with van der Waals surface area (Å²) in [6.45, 7) is 2.01. The first-order valence-electron chi connectivity index (χ1n) is 7.39. The van der Waals surface area contributed by atoms with Gasteiger partial charge in [-0.25, -0.2) is 4.98 Å². The Bertz CT molecular complexity index is 556. The van der Waals surface area contributed by atoms with Crippen molar-refractivity contribution in [3.8, 4) is 0 Å². The maximum absolute atomic E-state index is 12.8. The van der Waals surface area contributed by atoms with Gasteiger partial charge in [0.25, 0.3) is 0 Å². The van der Waals surface area contributed by atoms with Gasteiger partial charge in [0, 0.05) is 15.9 Å². The molecule has 0 radical (unpaired) electrons. The lowest BCUT2D eigenvalue weighted by Gasteiger charge is -2.59. The molecule has 4 bridgehead atoms. The summed E-state index contributed by atoms with van der Waals surface area (Å²) in [7, 11) is 0. The van der Waals surface area contributed by atoms with Crippen LogP contribution in [0.5, 0.6) is 0 Å². The summed E-state index contributed by atoms with van der Waals surface area (Å²) in [6.07, 6.45) is 8.20. The molecule has 4 aliphatic rings. The van der Waals surface area contributed by atoms with E-state index in [0.29, 0.717) is 11.8 Å². The molecular formula is C15H19ClN2OS. The van der Waals surface area contributed by atoms with E-state index in [0.717, 1.165) is 42.1 Å². The average molecular weight is 311 g/mol. The molecular weight excluding hydrogens is 292 g/mol. The predicted octanol–water partition coefficient (Wildman–Crippen LogP) is 3.97. The Morgan fingerprint density at radius 1 is 1.40 bits per heavy atom. The van der Waals surface area contributed by atoms with Crippen LogP contribution in [0.15, 0.2) is 6.20 Å². The summed E-state index contributed by atoms with van der Waals surface area (Å²) >= 11 is 8.32. The van der Waals surface area contributed by atoms with E-state index in [1.807, 2.05) is 13.1 Å². The van der Waals surface area contributed by atoms with Crippen LogP contribution in [0.25, 0.3) is 0 Å². The Balaban J connectivity index is 1.59. The van der Waals surface area contributed by atoms with Crippen LogP contribution >= 0.6 is 22.9 Å². The summed E-state index contributed by atoms with van der Waals surface area (Å²) in [6, 6.07) is 0. The van der Waals surface area contributed by atoms with Crippen LogP contribution in [0, 0.1) is 24.2 Å². The van der Waals surface area contributed by atoms with Gasteiger partial charge in [0.15, 0.2) is 5.13 Å². The number of halogens is 1. The van der Waals surface area contributed by atoms with Crippen molar-refractivity contribution in [2.24, 2.45) is 17.3 Å². The molecule has 0 aliphatic heterocycles. The zero-order valence-electron chi connectivity index (χ0n) is 11.6. The number of carbonyl (C=O) groups is 1. The van der Waals surface area contributed by atoms with E-state index in [4.69, 9.17) is 11.6 Å². The second-order valence-corrected chi connectivity index (χ2v) is 9.16. The zero-order valence-corrected chi connectivity index (χ0v) is 13.2. The van der Waals surface area contributed by atoms with Gasteiger partial charge in [-0.1, -0.05) is 0 Å². The van der Waals surface area contributed by atoms with Crippen LogP contribution in [-0.2, 0) is 4.79 Å². The second kappa shape index (κ2) is 4.20. The topological polar surface area (TPSA) is 42.0 Å². The van der Waals surface area contributed by atoms with Crippen LogP contribution in [0.4, 0.5) is 5.13 Å². The van der Waals surface area contributed by atoms with E-state index in [1.165, 1.54) is 6.42 Å². The van der Waals surface area contributed by atoms with Gasteiger partial charge < -0.3 is 5.32 Å². The molecule has 1 N–H and O–H groups in total. The van der Waals surface area contributed by atoms with Crippen molar-refractivity contribution < 1.29 is 4.79 Å². The van der Waals surface area contributed by atoms with Crippen molar-refractivity contribution in [3.63, 3.8) is 0 Å². The minimum absolute atomic E-state index is 0.111. The Labute approximate surface area is 128 Å². The summed E-state index contributed by atoms with van der Waals surface area (Å²) < 4.78 is 0. The fraction of sp³-hybridized carbons (Fsp3) is 0.733. The van der Waals surface area contributed by atoms with Crippen LogP contribution in [-0.4, -0.2) is 15.8 Å². The van der Waals surface area contributed by atoms with Gasteiger partial charge in [0.2, 0.25) is 5.91 Å². The van der Waals surface area contributed by atoms with Crippen LogP contribution in [0.2, 0.25) is 0 Å². The molecule has 4 fully saturated rings. The fourth-order valence-corrected chi connectivity index (χ4v) is 6.41. The molecule has 20 heavy (non-hydrogen) atoms. The van der Waals surface area contributed by atoms with Gasteiger partial charge in [0.1, 0.15) is 0 Å². The number of amides is 1. The fourth-order valence-electron chi connectivity index (χ4n) is 5.06. The monoisotopic (exact) mass is 310 g/mol. The molecule has 1 amide bonds. The van der Waals surface area contributed by atoms with Gasteiger partial charge in [-0.15, -0.1) is 22.9 Å². The highest BCUT2D eigenvalue weighted by Gasteiger charge is 2.60. The second-order valence-electron chi connectivity index (χ2n) is 7.12. The van der Waals surface area contributed by atoms with Crippen molar-refractivity contribution >= 4 is 34.0 Å². The molecule has 1 aromatic rings. The van der Waals surface area contributed by atoms with Crippen molar-refractivity contribution in [1.82, 2.24) is 4.98 Å². The van der Waals surface area contributed by atoms with E-state index in [2.05, 4.69) is 10.3 Å². The number of alkyl halides is 1. The first-order chi connectivity index (χ1) is 9.46. The Hall–Kier alpha value is -0.610. The lowest BCUT2D eigenvalue weighted by atomic mass is 9.49. The van der Waals surface area contributed by atoms with E-state index in [1.54, 1.807) is 11.3 Å². The number of aromatic nitrogens is 1. The number of aryl methyl sites for hydroxylation is 1. The summed E-state index contributed by atoms with van der Waals surface area (Å²) in [4.78, 5) is 18.1. The highest BCUT2D eigenvalue weighted by atomic mass is 35.5. The number of carbonyl (C=O) groups excluding carboxylic acids is 1. The molecule has 3 nitrogen and oxygen atoms in total. The molecule has 4 atom stereocenters. The minimum Gasteiger partial charge on any atom is -0.301 e. The number of nitrogens with one attached hydrogen (secondary N) is 1. The molecule has 2 unspecified atom stereocenters. The highest BCUT2D eigenvalue weighted by Crippen LogP contribution is 2.64. The molecule has 5 rings (SSSR count). The van der Waals surface area contributed by atoms with Crippen LogP contribution in [0.3, 0.4) is 0 Å². The third kappa shape index (κ3) is 2.00. The number of hydrogen-bond acceptors (Lipinski definition) is 3. The zero-order chi connectivity index (χ0) is 14.0. The van der Waals surface area contributed by atoms with Gasteiger partial charge in [-0.3, -0.25) is 4.79 Å². The normalized spacial score (nSPS) is 41.9. The minimum atomic E-state index is -0.231. The number of hydrogen-bond donors (Lipinski definition) is 1. The molecule has 1 aromatic heterocycles. The van der Waals surface area contributed by atoms with Gasteiger partial charge in [-0.05, 0) is 57.3 Å². The third-order valence-corrected chi connectivity index (χ3v) is 6.58. The molecule has 0 saturated heterocycles. The number of nitrogens with zero attached hydrogens (tertiary/aromatic N) is 1. The Morgan fingerprint density at radius 2 is 2.10 bits per heavy atom. The number of rotatable bonds is 2. The quantitative estimate of drug-likeness (QED) is 0.840. The van der Waals surface area contributed by atoms with E-state index in [9.17, 15) is 4.79 Å². The third-order valence-electron chi connectivity index (χ3n) is 5.31. The largest absolute Gasteiger partial charge is 0.301 e. The highest BCUT2D eigenvalue weighted by molar-refractivity contribution is 7.15. The van der Waals surface area contributed by atoms with Gasteiger partial charge in [0.05, 0.1) is 5.41 Å². The summed E-state index contributed by atoms with van der Waals surface area (Å²) in [5.74, 6) is 1.46. The Kier molecular flexibility index (Phi) is 2.75. The number of thiazole rings is 1. The SMILES string of the molecule is Cc1cnc(NC(=O)C23C[C@@H]4C[C@@H](CC(Cl)(C4)C2)C3)s1. The van der Waals surface area contributed by atoms with Gasteiger partial charge in [-0.2, -0.15) is 0 Å². The van der Waals surface area contributed by atoms with Crippen molar-refractivity contribution in [2.75, 3.05) is 5.32 Å². The van der Waals surface area contributed by atoms with E-state index < -0.39 is 0 Å². The van der Waals surface area contributed by atoms with Crippen molar-refractivity contribution in [2.45, 2.75) is 50.3 Å². The molecule has 4 saturated carbocycles. The molecule has 0 spiro atoms. The maximum Gasteiger partial charge on any atom is 0.232 e. The summed E-state index contributed by atoms with van der Waals surface area (Å²) in [5.41, 5.74) is -0.231. The average Bonchev–Trinajstić information content (AvgIpc) is 2.71. The smallest absolute Gasteiger partial charge is 0.232 e. The van der Waals surface area contributed by atoms with Crippen molar-refractivity contribution in [3.05, 3.63) is 11.1 Å². The predicted molar refractivity (Wildman–Crippen MR) is 81.2 cm³/mol. The van der Waals surface area contributed by atoms with Crippen LogP contribution < -0.4 is 5.32 Å². The van der Waals surface area contributed by atoms with Gasteiger partial charge >= 0.3 is 0 Å². The molecule has 0 aromatic carbocycles. The maximum atomic E-state index is 12.8.